The summed E-state index contributed by atoms with van der Waals surface area (Å²) in [4.78, 5) is 15.0. The van der Waals surface area contributed by atoms with Crippen molar-refractivity contribution < 1.29 is 31.1 Å². The summed E-state index contributed by atoms with van der Waals surface area (Å²) >= 11 is 0. The van der Waals surface area contributed by atoms with Crippen LogP contribution < -0.4 is 10.2 Å². The number of nitrogens with one attached hydrogen (secondary N) is 1. The molecule has 0 aliphatic rings. The standard InChI is InChI=1S/C28H31F3N2O4S/c1-5-33(6-2)23-12-15-25(20(4)16-23)32-27(34)37-26(21-8-7-9-22(17-21)28(29,30)31)18-38(35,36)24-13-10-19(3)11-14-24/h7-17,26H,5-6,18H2,1-4H3,(H,32,34). The van der Waals surface area contributed by atoms with E-state index in [0.717, 1.165) is 48.1 Å². The van der Waals surface area contributed by atoms with Crippen LogP contribution in [0.25, 0.3) is 0 Å². The number of carbonyl (C=O) groups is 1. The molecule has 1 atom stereocenters. The maximum atomic E-state index is 13.4. The highest BCUT2D eigenvalue weighted by Gasteiger charge is 2.33. The molecule has 0 radical (unpaired) electrons. The first-order chi connectivity index (χ1) is 17.8. The van der Waals surface area contributed by atoms with Crippen LogP contribution in [0.15, 0.2) is 71.6 Å². The maximum Gasteiger partial charge on any atom is 0.416 e. The van der Waals surface area contributed by atoms with E-state index in [0.29, 0.717) is 5.69 Å². The van der Waals surface area contributed by atoms with Crippen molar-refractivity contribution in [2.45, 2.75) is 44.9 Å². The Balaban J connectivity index is 1.90. The molecule has 6 nitrogen and oxygen atoms in total. The molecule has 204 valence electrons. The minimum absolute atomic E-state index is 0.0214. The van der Waals surface area contributed by atoms with E-state index < -0.39 is 39.5 Å². The number of halogens is 3. The van der Waals surface area contributed by atoms with Crippen LogP contribution in [0, 0.1) is 13.8 Å². The van der Waals surface area contributed by atoms with Crippen molar-refractivity contribution in [2.75, 3.05) is 29.1 Å². The maximum absolute atomic E-state index is 13.4. The molecule has 0 bridgehead atoms. The lowest BCUT2D eigenvalue weighted by Gasteiger charge is -2.23. The Kier molecular flexibility index (Phi) is 9.09. The van der Waals surface area contributed by atoms with Crippen molar-refractivity contribution in [3.05, 3.63) is 89.0 Å². The summed E-state index contributed by atoms with van der Waals surface area (Å²) in [6.07, 6.45) is -7.12. The summed E-state index contributed by atoms with van der Waals surface area (Å²) in [5.41, 5.74) is 1.94. The summed E-state index contributed by atoms with van der Waals surface area (Å²) in [5, 5.41) is 2.59. The number of hydrogen-bond acceptors (Lipinski definition) is 5. The number of ether oxygens (including phenoxy) is 1. The number of amides is 1. The molecule has 1 amide bonds. The zero-order valence-corrected chi connectivity index (χ0v) is 22.5. The lowest BCUT2D eigenvalue weighted by molar-refractivity contribution is -0.137. The van der Waals surface area contributed by atoms with Gasteiger partial charge in [0, 0.05) is 24.5 Å². The molecule has 0 aromatic heterocycles. The fraction of sp³-hybridized carbons (Fsp3) is 0.321. The van der Waals surface area contributed by atoms with E-state index in [1.54, 1.807) is 32.0 Å². The van der Waals surface area contributed by atoms with Crippen molar-refractivity contribution in [1.82, 2.24) is 0 Å². The molecule has 0 aliphatic heterocycles. The third-order valence-corrected chi connectivity index (χ3v) is 7.89. The quantitative estimate of drug-likeness (QED) is 0.314. The van der Waals surface area contributed by atoms with Crippen LogP contribution >= 0.6 is 0 Å². The lowest BCUT2D eigenvalue weighted by Crippen LogP contribution is -2.24. The summed E-state index contributed by atoms with van der Waals surface area (Å²) in [6.45, 7) is 9.26. The van der Waals surface area contributed by atoms with Crippen LogP contribution in [0.5, 0.6) is 0 Å². The Hall–Kier alpha value is -3.53. The van der Waals surface area contributed by atoms with Crippen LogP contribution in [0.4, 0.5) is 29.3 Å². The van der Waals surface area contributed by atoms with E-state index in [4.69, 9.17) is 4.74 Å². The third kappa shape index (κ3) is 7.28. The highest BCUT2D eigenvalue weighted by atomic mass is 32.2. The van der Waals surface area contributed by atoms with Gasteiger partial charge in [0.2, 0.25) is 0 Å². The van der Waals surface area contributed by atoms with Crippen LogP contribution in [-0.4, -0.2) is 33.4 Å². The minimum atomic E-state index is -4.65. The minimum Gasteiger partial charge on any atom is -0.440 e. The van der Waals surface area contributed by atoms with Gasteiger partial charge < -0.3 is 9.64 Å². The second-order valence-corrected chi connectivity index (χ2v) is 10.9. The van der Waals surface area contributed by atoms with E-state index in [1.807, 2.05) is 26.0 Å². The normalized spacial score (nSPS) is 12.6. The number of anilines is 2. The van der Waals surface area contributed by atoms with Gasteiger partial charge in [-0.1, -0.05) is 29.8 Å². The van der Waals surface area contributed by atoms with E-state index in [2.05, 4.69) is 10.2 Å². The topological polar surface area (TPSA) is 75.7 Å². The van der Waals surface area contributed by atoms with E-state index in [-0.39, 0.29) is 10.5 Å². The Labute approximate surface area is 221 Å². The summed E-state index contributed by atoms with van der Waals surface area (Å²) in [7, 11) is -4.01. The van der Waals surface area contributed by atoms with Crippen molar-refractivity contribution in [2.24, 2.45) is 0 Å². The van der Waals surface area contributed by atoms with Gasteiger partial charge in [0.05, 0.1) is 16.2 Å². The third-order valence-electron chi connectivity index (χ3n) is 6.16. The number of rotatable bonds is 9. The first-order valence-corrected chi connectivity index (χ1v) is 13.8. The second kappa shape index (κ2) is 11.9. The average molecular weight is 549 g/mol. The predicted molar refractivity (Wildman–Crippen MR) is 142 cm³/mol. The van der Waals surface area contributed by atoms with Crippen LogP contribution in [0.3, 0.4) is 0 Å². The van der Waals surface area contributed by atoms with Crippen LogP contribution in [0.1, 0.15) is 42.2 Å². The molecule has 3 rings (SSSR count). The number of benzene rings is 3. The van der Waals surface area contributed by atoms with Gasteiger partial charge in [-0.3, -0.25) is 5.32 Å². The SMILES string of the molecule is CCN(CC)c1ccc(NC(=O)OC(CS(=O)(=O)c2ccc(C)cc2)c2cccc(C(F)(F)F)c2)c(C)c1. The van der Waals surface area contributed by atoms with Gasteiger partial charge in [0.25, 0.3) is 0 Å². The van der Waals surface area contributed by atoms with Crippen molar-refractivity contribution in [1.29, 1.82) is 0 Å². The number of nitrogens with zero attached hydrogens (tertiary/aromatic N) is 1. The molecule has 10 heteroatoms. The first kappa shape index (κ1) is 29.0. The number of aryl methyl sites for hydroxylation is 2. The highest BCUT2D eigenvalue weighted by molar-refractivity contribution is 7.91. The highest BCUT2D eigenvalue weighted by Crippen LogP contribution is 2.33. The smallest absolute Gasteiger partial charge is 0.416 e. The molecule has 1 unspecified atom stereocenters. The van der Waals surface area contributed by atoms with E-state index in [1.165, 1.54) is 18.2 Å². The molecule has 1 N–H and O–H groups in total. The van der Waals surface area contributed by atoms with Crippen molar-refractivity contribution in [3.63, 3.8) is 0 Å². The number of alkyl halides is 3. The zero-order chi connectivity index (χ0) is 28.1. The fourth-order valence-corrected chi connectivity index (χ4v) is 5.40. The molecule has 0 fully saturated rings. The average Bonchev–Trinajstić information content (AvgIpc) is 2.85. The Morgan fingerprint density at radius 1 is 0.974 bits per heavy atom. The molecular weight excluding hydrogens is 517 g/mol. The monoisotopic (exact) mass is 548 g/mol. The fourth-order valence-electron chi connectivity index (χ4n) is 4.00. The number of carbonyl (C=O) groups excluding carboxylic acids is 1. The van der Waals surface area contributed by atoms with Gasteiger partial charge in [-0.05, 0) is 81.3 Å². The van der Waals surface area contributed by atoms with Crippen LogP contribution in [0.2, 0.25) is 0 Å². The molecule has 3 aromatic rings. The molecule has 0 spiro atoms. The first-order valence-electron chi connectivity index (χ1n) is 12.1. The van der Waals surface area contributed by atoms with Gasteiger partial charge in [-0.15, -0.1) is 0 Å². The molecule has 0 aliphatic carbocycles. The van der Waals surface area contributed by atoms with Gasteiger partial charge in [-0.25, -0.2) is 13.2 Å². The Morgan fingerprint density at radius 3 is 2.21 bits per heavy atom. The largest absolute Gasteiger partial charge is 0.440 e. The zero-order valence-electron chi connectivity index (χ0n) is 21.7. The molecule has 3 aromatic carbocycles. The van der Waals surface area contributed by atoms with E-state index in [9.17, 15) is 26.4 Å². The van der Waals surface area contributed by atoms with Crippen molar-refractivity contribution in [3.8, 4) is 0 Å². The number of sulfone groups is 1. The molecule has 0 saturated heterocycles. The summed E-state index contributed by atoms with van der Waals surface area (Å²) < 4.78 is 71.8. The lowest BCUT2D eigenvalue weighted by atomic mass is 10.1. The van der Waals surface area contributed by atoms with Gasteiger partial charge in [0.15, 0.2) is 9.84 Å². The Morgan fingerprint density at radius 2 is 1.63 bits per heavy atom. The predicted octanol–water partition coefficient (Wildman–Crippen LogP) is 6.93. The summed E-state index contributed by atoms with van der Waals surface area (Å²) in [6, 6.07) is 15.6. The van der Waals surface area contributed by atoms with Gasteiger partial charge in [-0.2, -0.15) is 13.2 Å². The van der Waals surface area contributed by atoms with E-state index >= 15 is 0 Å². The van der Waals surface area contributed by atoms with Crippen LogP contribution in [-0.2, 0) is 20.8 Å². The summed E-state index contributed by atoms with van der Waals surface area (Å²) in [5.74, 6) is -0.731. The molecule has 0 saturated carbocycles. The second-order valence-electron chi connectivity index (χ2n) is 8.91. The van der Waals surface area contributed by atoms with Gasteiger partial charge >= 0.3 is 12.3 Å². The number of hydrogen-bond donors (Lipinski definition) is 1. The Bertz CT molecular complexity index is 1370. The molecular formula is C28H31F3N2O4S. The van der Waals surface area contributed by atoms with Gasteiger partial charge in [0.1, 0.15) is 6.10 Å². The van der Waals surface area contributed by atoms with Crippen molar-refractivity contribution >= 4 is 27.3 Å². The molecule has 38 heavy (non-hydrogen) atoms. The molecule has 0 heterocycles.